The van der Waals surface area contributed by atoms with Crippen molar-refractivity contribution in [2.45, 2.75) is 29.0 Å². The molecule has 0 saturated carbocycles. The molecule has 5 heteroatoms. The first kappa shape index (κ1) is 9.36. The van der Waals surface area contributed by atoms with E-state index in [0.29, 0.717) is 10.1 Å². The van der Waals surface area contributed by atoms with Gasteiger partial charge in [-0.1, -0.05) is 0 Å². The molecule has 2 N–H and O–H groups in total. The molecule has 0 aromatic rings. The van der Waals surface area contributed by atoms with Crippen LogP contribution in [-0.2, 0) is 4.79 Å². The van der Waals surface area contributed by atoms with Crippen molar-refractivity contribution in [3.05, 3.63) is 0 Å². The molecule has 0 radical (unpaired) electrons. The van der Waals surface area contributed by atoms with Crippen molar-refractivity contribution in [1.82, 2.24) is 4.90 Å². The Morgan fingerprint density at radius 1 is 1.43 bits per heavy atom. The smallest absolute Gasteiger partial charge is 0.243 e. The van der Waals surface area contributed by atoms with E-state index in [-0.39, 0.29) is 11.9 Å². The molecule has 3 saturated heterocycles. The maximum absolute atomic E-state index is 11.5. The van der Waals surface area contributed by atoms with Crippen LogP contribution in [0.1, 0.15) is 12.8 Å². The van der Waals surface area contributed by atoms with Gasteiger partial charge in [-0.2, -0.15) is 11.8 Å². The van der Waals surface area contributed by atoms with Crippen molar-refractivity contribution in [3.63, 3.8) is 0 Å². The van der Waals surface area contributed by atoms with Gasteiger partial charge in [0.2, 0.25) is 5.91 Å². The van der Waals surface area contributed by atoms with Gasteiger partial charge in [0.1, 0.15) is 11.4 Å². The predicted octanol–water partition coefficient (Wildman–Crippen LogP) is 0.495. The number of nitrogens with two attached hydrogens (primary N) is 1. The maximum atomic E-state index is 11.5. The molecule has 1 spiro atoms. The summed E-state index contributed by atoms with van der Waals surface area (Å²) in [5, 5.41) is 0.297. The first-order valence-electron chi connectivity index (χ1n) is 5.04. The SMILES string of the molecule is NC1C(=O)N2CC3(CCSCC3)S[C@H]12. The van der Waals surface area contributed by atoms with Gasteiger partial charge in [0.15, 0.2) is 0 Å². The summed E-state index contributed by atoms with van der Waals surface area (Å²) < 4.78 is 0.361. The zero-order chi connectivity index (χ0) is 9.76. The minimum absolute atomic E-state index is 0.164. The Kier molecular flexibility index (Phi) is 2.05. The normalized spacial score (nSPS) is 39.8. The molecule has 1 unspecified atom stereocenters. The van der Waals surface area contributed by atoms with Crippen molar-refractivity contribution in [2.24, 2.45) is 5.73 Å². The minimum Gasteiger partial charge on any atom is -0.326 e. The molecule has 3 fully saturated rings. The highest BCUT2D eigenvalue weighted by Gasteiger charge is 2.57. The fourth-order valence-corrected chi connectivity index (χ4v) is 5.75. The van der Waals surface area contributed by atoms with Gasteiger partial charge in [-0.3, -0.25) is 4.79 Å². The highest BCUT2D eigenvalue weighted by molar-refractivity contribution is 8.02. The van der Waals surface area contributed by atoms with Crippen molar-refractivity contribution in [1.29, 1.82) is 0 Å². The number of nitrogens with zero attached hydrogens (tertiary/aromatic N) is 1. The molecular weight excluding hydrogens is 216 g/mol. The maximum Gasteiger partial charge on any atom is 0.243 e. The third-order valence-corrected chi connectivity index (χ3v) is 6.23. The van der Waals surface area contributed by atoms with Gasteiger partial charge in [-0.15, -0.1) is 11.8 Å². The zero-order valence-corrected chi connectivity index (χ0v) is 9.57. The summed E-state index contributed by atoms with van der Waals surface area (Å²) >= 11 is 3.99. The van der Waals surface area contributed by atoms with Crippen LogP contribution in [0.4, 0.5) is 0 Å². The van der Waals surface area contributed by atoms with E-state index in [1.807, 2.05) is 28.4 Å². The quantitative estimate of drug-likeness (QED) is 0.615. The number of hydrogen-bond donors (Lipinski definition) is 1. The number of carbonyl (C=O) groups is 1. The molecule has 0 aromatic heterocycles. The van der Waals surface area contributed by atoms with Crippen LogP contribution in [0.25, 0.3) is 0 Å². The Balaban J connectivity index is 1.77. The molecule has 2 atom stereocenters. The highest BCUT2D eigenvalue weighted by Crippen LogP contribution is 2.51. The number of carbonyl (C=O) groups excluding carboxylic acids is 1. The van der Waals surface area contributed by atoms with Gasteiger partial charge in [-0.05, 0) is 24.3 Å². The first-order valence-corrected chi connectivity index (χ1v) is 7.07. The lowest BCUT2D eigenvalue weighted by atomic mass is 9.98. The molecule has 0 bridgehead atoms. The Hall–Kier alpha value is 0.130. The summed E-state index contributed by atoms with van der Waals surface area (Å²) in [7, 11) is 0. The van der Waals surface area contributed by atoms with E-state index in [9.17, 15) is 4.79 Å². The molecular formula is C9H14N2OS2. The van der Waals surface area contributed by atoms with E-state index in [1.165, 1.54) is 24.3 Å². The monoisotopic (exact) mass is 230 g/mol. The summed E-state index contributed by atoms with van der Waals surface area (Å²) in [6.07, 6.45) is 2.49. The number of β-lactam (4-membered cyclic amide) rings is 1. The molecule has 0 aromatic carbocycles. The lowest BCUT2D eigenvalue weighted by Crippen LogP contribution is -2.64. The lowest BCUT2D eigenvalue weighted by Gasteiger charge is -2.38. The van der Waals surface area contributed by atoms with Gasteiger partial charge in [0.25, 0.3) is 0 Å². The van der Waals surface area contributed by atoms with Crippen LogP contribution in [0.5, 0.6) is 0 Å². The Bertz CT molecular complexity index is 278. The molecule has 3 nitrogen and oxygen atoms in total. The average Bonchev–Trinajstić information content (AvgIpc) is 2.55. The van der Waals surface area contributed by atoms with Crippen LogP contribution in [0, 0.1) is 0 Å². The highest BCUT2D eigenvalue weighted by atomic mass is 32.2. The summed E-state index contributed by atoms with van der Waals surface area (Å²) in [6, 6.07) is -0.214. The average molecular weight is 230 g/mol. The minimum atomic E-state index is -0.214. The van der Waals surface area contributed by atoms with Crippen LogP contribution in [0.2, 0.25) is 0 Å². The van der Waals surface area contributed by atoms with Crippen molar-refractivity contribution < 1.29 is 4.79 Å². The second-order valence-corrected chi connectivity index (χ2v) is 7.11. The largest absolute Gasteiger partial charge is 0.326 e. The summed E-state index contributed by atoms with van der Waals surface area (Å²) in [4.78, 5) is 13.4. The fourth-order valence-electron chi connectivity index (χ4n) is 2.48. The standard InChI is InChI=1S/C9H14N2OS2/c10-6-7(12)11-5-9(14-8(6)11)1-3-13-4-2-9/h6,8H,1-5,10H2/t6?,8-/m1/s1. The van der Waals surface area contributed by atoms with E-state index < -0.39 is 0 Å². The van der Waals surface area contributed by atoms with Crippen LogP contribution in [0.3, 0.4) is 0 Å². The van der Waals surface area contributed by atoms with Crippen molar-refractivity contribution in [2.75, 3.05) is 18.1 Å². The van der Waals surface area contributed by atoms with Crippen LogP contribution in [0.15, 0.2) is 0 Å². The van der Waals surface area contributed by atoms with Gasteiger partial charge in [-0.25, -0.2) is 0 Å². The topological polar surface area (TPSA) is 46.3 Å². The van der Waals surface area contributed by atoms with Gasteiger partial charge < -0.3 is 10.6 Å². The number of rotatable bonds is 0. The lowest BCUT2D eigenvalue weighted by molar-refractivity contribution is -0.143. The van der Waals surface area contributed by atoms with E-state index >= 15 is 0 Å². The third kappa shape index (κ3) is 1.15. The number of amides is 1. The number of hydrogen-bond acceptors (Lipinski definition) is 4. The fraction of sp³-hybridized carbons (Fsp3) is 0.889. The Morgan fingerprint density at radius 2 is 2.14 bits per heavy atom. The number of fused-ring (bicyclic) bond motifs is 1. The van der Waals surface area contributed by atoms with Crippen LogP contribution < -0.4 is 5.73 Å². The Labute approximate surface area is 92.1 Å². The Morgan fingerprint density at radius 3 is 2.79 bits per heavy atom. The van der Waals surface area contributed by atoms with E-state index in [4.69, 9.17) is 5.73 Å². The van der Waals surface area contributed by atoms with Gasteiger partial charge in [0.05, 0.1) is 0 Å². The predicted molar refractivity (Wildman–Crippen MR) is 60.4 cm³/mol. The summed E-state index contributed by atoms with van der Waals surface area (Å²) in [5.41, 5.74) is 5.78. The molecule has 1 amide bonds. The van der Waals surface area contributed by atoms with E-state index in [0.717, 1.165) is 6.54 Å². The van der Waals surface area contributed by atoms with E-state index in [1.54, 1.807) is 0 Å². The second-order valence-electron chi connectivity index (χ2n) is 4.30. The first-order chi connectivity index (χ1) is 6.72. The van der Waals surface area contributed by atoms with E-state index in [2.05, 4.69) is 0 Å². The van der Waals surface area contributed by atoms with Crippen molar-refractivity contribution >= 4 is 29.4 Å². The molecule has 3 heterocycles. The molecule has 3 aliphatic rings. The summed E-state index contributed by atoms with van der Waals surface area (Å²) in [6.45, 7) is 0.954. The van der Waals surface area contributed by atoms with Crippen molar-refractivity contribution in [3.8, 4) is 0 Å². The molecule has 3 rings (SSSR count). The van der Waals surface area contributed by atoms with Gasteiger partial charge >= 0.3 is 0 Å². The van der Waals surface area contributed by atoms with Gasteiger partial charge in [0, 0.05) is 11.3 Å². The molecule has 0 aliphatic carbocycles. The van der Waals surface area contributed by atoms with Crippen LogP contribution >= 0.6 is 23.5 Å². The second kappa shape index (κ2) is 3.06. The number of thioether (sulfide) groups is 2. The third-order valence-electron chi connectivity index (χ3n) is 3.42. The molecule has 3 aliphatic heterocycles. The summed E-state index contributed by atoms with van der Waals surface area (Å²) in [5.74, 6) is 2.66. The zero-order valence-electron chi connectivity index (χ0n) is 7.94. The molecule has 14 heavy (non-hydrogen) atoms. The van der Waals surface area contributed by atoms with Crippen LogP contribution in [-0.4, -0.2) is 45.0 Å². The molecule has 78 valence electrons.